The van der Waals surface area contributed by atoms with Crippen molar-refractivity contribution >= 4 is 11.6 Å². The zero-order chi connectivity index (χ0) is 15.5. The Labute approximate surface area is 127 Å². The third-order valence-electron chi connectivity index (χ3n) is 3.84. The molecule has 1 aromatic rings. The minimum atomic E-state index is -0.0770. The Bertz CT molecular complexity index is 470. The van der Waals surface area contributed by atoms with Crippen molar-refractivity contribution in [2.24, 2.45) is 5.92 Å². The van der Waals surface area contributed by atoms with Crippen molar-refractivity contribution < 1.29 is 5.11 Å². The Hall–Kier alpha value is -1.36. The second kappa shape index (κ2) is 6.60. The van der Waals surface area contributed by atoms with E-state index in [0.29, 0.717) is 5.92 Å². The fourth-order valence-electron chi connectivity index (χ4n) is 2.63. The SMILES string of the molecule is CCNc1cc(N2CCCC(CO)C2)nc(C(C)(C)C)n1. The number of hydrogen-bond donors (Lipinski definition) is 2. The highest BCUT2D eigenvalue weighted by molar-refractivity contribution is 5.50. The molecule has 1 unspecified atom stereocenters. The number of nitrogens with zero attached hydrogens (tertiary/aromatic N) is 3. The standard InChI is InChI=1S/C16H28N4O/c1-5-17-13-9-14(19-15(18-13)16(2,3)4)20-8-6-7-12(10-20)11-21/h9,12,21H,5-8,10-11H2,1-4H3,(H,17,18,19). The summed E-state index contributed by atoms with van der Waals surface area (Å²) in [6.45, 7) is 11.5. The van der Waals surface area contributed by atoms with Gasteiger partial charge in [0, 0.05) is 37.7 Å². The Morgan fingerprint density at radius 3 is 2.76 bits per heavy atom. The second-order valence-corrected chi connectivity index (χ2v) is 6.85. The summed E-state index contributed by atoms with van der Waals surface area (Å²) in [6.07, 6.45) is 2.21. The highest BCUT2D eigenvalue weighted by Gasteiger charge is 2.24. The average Bonchev–Trinajstić information content (AvgIpc) is 2.46. The molecule has 0 bridgehead atoms. The zero-order valence-electron chi connectivity index (χ0n) is 13.7. The molecule has 1 fully saturated rings. The molecule has 5 nitrogen and oxygen atoms in total. The first kappa shape index (κ1) is 16.0. The van der Waals surface area contributed by atoms with Crippen LogP contribution < -0.4 is 10.2 Å². The number of aliphatic hydroxyl groups is 1. The van der Waals surface area contributed by atoms with Crippen molar-refractivity contribution in [3.63, 3.8) is 0 Å². The van der Waals surface area contributed by atoms with Crippen LogP contribution in [-0.4, -0.2) is 41.3 Å². The van der Waals surface area contributed by atoms with Gasteiger partial charge in [-0.15, -0.1) is 0 Å². The summed E-state index contributed by atoms with van der Waals surface area (Å²) >= 11 is 0. The third-order valence-corrected chi connectivity index (χ3v) is 3.84. The maximum Gasteiger partial charge on any atom is 0.138 e. The molecule has 1 saturated heterocycles. The zero-order valence-corrected chi connectivity index (χ0v) is 13.7. The van der Waals surface area contributed by atoms with Gasteiger partial charge in [-0.2, -0.15) is 0 Å². The molecule has 118 valence electrons. The molecule has 0 radical (unpaired) electrons. The molecule has 0 spiro atoms. The number of rotatable bonds is 4. The van der Waals surface area contributed by atoms with Crippen LogP contribution in [0.25, 0.3) is 0 Å². The van der Waals surface area contributed by atoms with Crippen LogP contribution >= 0.6 is 0 Å². The highest BCUT2D eigenvalue weighted by atomic mass is 16.3. The summed E-state index contributed by atoms with van der Waals surface area (Å²) < 4.78 is 0. The molecule has 2 heterocycles. The van der Waals surface area contributed by atoms with Crippen LogP contribution in [0.5, 0.6) is 0 Å². The maximum atomic E-state index is 9.41. The van der Waals surface area contributed by atoms with Crippen LogP contribution in [0.15, 0.2) is 6.07 Å². The quantitative estimate of drug-likeness (QED) is 0.892. The third kappa shape index (κ3) is 4.06. The molecule has 2 rings (SSSR count). The molecular formula is C16H28N4O. The van der Waals surface area contributed by atoms with Crippen molar-refractivity contribution in [2.75, 3.05) is 36.5 Å². The number of hydrogen-bond acceptors (Lipinski definition) is 5. The summed E-state index contributed by atoms with van der Waals surface area (Å²) in [6, 6.07) is 2.03. The molecule has 21 heavy (non-hydrogen) atoms. The molecular weight excluding hydrogens is 264 g/mol. The van der Waals surface area contributed by atoms with E-state index in [9.17, 15) is 5.11 Å². The van der Waals surface area contributed by atoms with E-state index in [1.54, 1.807) is 0 Å². The van der Waals surface area contributed by atoms with E-state index in [1.165, 1.54) is 0 Å². The molecule has 0 aromatic carbocycles. The van der Waals surface area contributed by atoms with Crippen molar-refractivity contribution in [3.8, 4) is 0 Å². The van der Waals surface area contributed by atoms with E-state index in [0.717, 1.165) is 49.9 Å². The fourth-order valence-corrected chi connectivity index (χ4v) is 2.63. The Balaban J connectivity index is 2.31. The lowest BCUT2D eigenvalue weighted by Crippen LogP contribution is -2.37. The normalized spacial score (nSPS) is 19.7. The van der Waals surface area contributed by atoms with Crippen LogP contribution in [-0.2, 0) is 5.41 Å². The lowest BCUT2D eigenvalue weighted by atomic mass is 9.95. The van der Waals surface area contributed by atoms with Crippen molar-refractivity contribution in [3.05, 3.63) is 11.9 Å². The monoisotopic (exact) mass is 292 g/mol. The van der Waals surface area contributed by atoms with Gasteiger partial charge in [0.2, 0.25) is 0 Å². The molecule has 1 atom stereocenters. The largest absolute Gasteiger partial charge is 0.396 e. The van der Waals surface area contributed by atoms with Gasteiger partial charge >= 0.3 is 0 Å². The van der Waals surface area contributed by atoms with E-state index >= 15 is 0 Å². The van der Waals surface area contributed by atoms with Gasteiger partial charge in [0.1, 0.15) is 17.5 Å². The Morgan fingerprint density at radius 2 is 2.14 bits per heavy atom. The summed E-state index contributed by atoms with van der Waals surface area (Å²) in [5.41, 5.74) is -0.0770. The van der Waals surface area contributed by atoms with E-state index in [2.05, 4.69) is 42.9 Å². The average molecular weight is 292 g/mol. The summed E-state index contributed by atoms with van der Waals surface area (Å²) in [5, 5.41) is 12.7. The topological polar surface area (TPSA) is 61.3 Å². The first-order valence-electron chi connectivity index (χ1n) is 7.93. The lowest BCUT2D eigenvalue weighted by Gasteiger charge is -2.33. The van der Waals surface area contributed by atoms with Gasteiger partial charge in [-0.1, -0.05) is 20.8 Å². The number of aromatic nitrogens is 2. The van der Waals surface area contributed by atoms with Crippen LogP contribution in [0.2, 0.25) is 0 Å². The van der Waals surface area contributed by atoms with Gasteiger partial charge in [-0.3, -0.25) is 0 Å². The van der Waals surface area contributed by atoms with Gasteiger partial charge in [-0.25, -0.2) is 9.97 Å². The van der Waals surface area contributed by atoms with Gasteiger partial charge in [0.15, 0.2) is 0 Å². The van der Waals surface area contributed by atoms with Crippen molar-refractivity contribution in [2.45, 2.75) is 46.0 Å². The number of aliphatic hydroxyl groups excluding tert-OH is 1. The Kier molecular flexibility index (Phi) is 5.04. The summed E-state index contributed by atoms with van der Waals surface area (Å²) in [4.78, 5) is 11.7. The van der Waals surface area contributed by atoms with E-state index in [1.807, 2.05) is 6.07 Å². The summed E-state index contributed by atoms with van der Waals surface area (Å²) in [5.74, 6) is 3.08. The molecule has 0 amide bonds. The molecule has 1 aromatic heterocycles. The fraction of sp³-hybridized carbons (Fsp3) is 0.750. The lowest BCUT2D eigenvalue weighted by molar-refractivity contribution is 0.208. The number of piperidine rings is 1. The minimum absolute atomic E-state index is 0.0770. The molecule has 5 heteroatoms. The number of nitrogens with one attached hydrogen (secondary N) is 1. The predicted octanol–water partition coefficient (Wildman–Crippen LogP) is 2.41. The van der Waals surface area contributed by atoms with E-state index in [4.69, 9.17) is 4.98 Å². The van der Waals surface area contributed by atoms with Gasteiger partial charge in [0.05, 0.1) is 0 Å². The Morgan fingerprint density at radius 1 is 1.38 bits per heavy atom. The molecule has 0 saturated carbocycles. The van der Waals surface area contributed by atoms with Gasteiger partial charge in [-0.05, 0) is 25.7 Å². The molecule has 2 N–H and O–H groups in total. The molecule has 1 aliphatic heterocycles. The van der Waals surface area contributed by atoms with Crippen LogP contribution in [0, 0.1) is 5.92 Å². The van der Waals surface area contributed by atoms with Crippen molar-refractivity contribution in [1.82, 2.24) is 9.97 Å². The van der Waals surface area contributed by atoms with E-state index in [-0.39, 0.29) is 12.0 Å². The minimum Gasteiger partial charge on any atom is -0.396 e. The van der Waals surface area contributed by atoms with Gasteiger partial charge < -0.3 is 15.3 Å². The first-order chi connectivity index (χ1) is 9.94. The number of anilines is 2. The highest BCUT2D eigenvalue weighted by Crippen LogP contribution is 2.27. The summed E-state index contributed by atoms with van der Waals surface area (Å²) in [7, 11) is 0. The smallest absolute Gasteiger partial charge is 0.138 e. The van der Waals surface area contributed by atoms with Crippen molar-refractivity contribution in [1.29, 1.82) is 0 Å². The predicted molar refractivity (Wildman–Crippen MR) is 86.9 cm³/mol. The van der Waals surface area contributed by atoms with Crippen LogP contribution in [0.3, 0.4) is 0 Å². The first-order valence-corrected chi connectivity index (χ1v) is 7.93. The van der Waals surface area contributed by atoms with Gasteiger partial charge in [0.25, 0.3) is 0 Å². The van der Waals surface area contributed by atoms with E-state index < -0.39 is 0 Å². The molecule has 1 aliphatic rings. The second-order valence-electron chi connectivity index (χ2n) is 6.85. The maximum absolute atomic E-state index is 9.41. The van der Waals surface area contributed by atoms with Crippen LogP contribution in [0.1, 0.15) is 46.4 Å². The van der Waals surface area contributed by atoms with Crippen LogP contribution in [0.4, 0.5) is 11.6 Å². The molecule has 0 aliphatic carbocycles.